The molecule has 0 aromatic rings. The fourth-order valence-electron chi connectivity index (χ4n) is 4.05. The van der Waals surface area contributed by atoms with Crippen LogP contribution in [0.1, 0.15) is 57.8 Å². The van der Waals surface area contributed by atoms with Gasteiger partial charge in [0.25, 0.3) is 0 Å². The first kappa shape index (κ1) is 17.2. The third-order valence-corrected chi connectivity index (χ3v) is 5.41. The highest BCUT2D eigenvalue weighted by Gasteiger charge is 2.26. The maximum absolute atomic E-state index is 9.67. The summed E-state index contributed by atoms with van der Waals surface area (Å²) in [7, 11) is 1.63. The Kier molecular flexibility index (Phi) is 7.44. The van der Waals surface area contributed by atoms with Gasteiger partial charge in [0.2, 0.25) is 0 Å². The van der Waals surface area contributed by atoms with Gasteiger partial charge in [0.15, 0.2) is 0 Å². The average molecular weight is 298 g/mol. The molecule has 1 atom stereocenters. The number of hydrogen-bond acceptors (Lipinski definition) is 4. The number of aliphatic hydroxyl groups is 1. The van der Waals surface area contributed by atoms with Crippen molar-refractivity contribution in [1.82, 2.24) is 5.32 Å². The van der Waals surface area contributed by atoms with Crippen molar-refractivity contribution in [3.05, 3.63) is 0 Å². The van der Waals surface area contributed by atoms with Crippen LogP contribution in [-0.4, -0.2) is 43.6 Å². The van der Waals surface area contributed by atoms with Crippen molar-refractivity contribution in [3.63, 3.8) is 0 Å². The average Bonchev–Trinajstić information content (AvgIpc) is 2.49. The van der Waals surface area contributed by atoms with Crippen LogP contribution < -0.4 is 11.1 Å². The molecule has 4 heteroatoms. The SMILES string of the molecule is COCC(O)CNC1CCC(CC2CCC(N)CC2)CC1. The predicted molar refractivity (Wildman–Crippen MR) is 86.2 cm³/mol. The molecule has 21 heavy (non-hydrogen) atoms. The number of hydrogen-bond donors (Lipinski definition) is 3. The fourth-order valence-corrected chi connectivity index (χ4v) is 4.05. The molecule has 0 aromatic carbocycles. The van der Waals surface area contributed by atoms with Crippen LogP contribution in [0.4, 0.5) is 0 Å². The zero-order valence-corrected chi connectivity index (χ0v) is 13.6. The highest BCUT2D eigenvalue weighted by molar-refractivity contribution is 4.82. The van der Waals surface area contributed by atoms with E-state index in [2.05, 4.69) is 5.32 Å². The summed E-state index contributed by atoms with van der Waals surface area (Å²) in [5.74, 6) is 1.86. The summed E-state index contributed by atoms with van der Waals surface area (Å²) in [5, 5.41) is 13.2. The van der Waals surface area contributed by atoms with Gasteiger partial charge in [0, 0.05) is 25.7 Å². The Morgan fingerprint density at radius 2 is 1.62 bits per heavy atom. The maximum atomic E-state index is 9.67. The van der Waals surface area contributed by atoms with Gasteiger partial charge in [0.05, 0.1) is 12.7 Å². The third kappa shape index (κ3) is 6.23. The summed E-state index contributed by atoms with van der Waals surface area (Å²) in [5.41, 5.74) is 5.99. The first-order valence-electron chi connectivity index (χ1n) is 8.83. The molecule has 0 heterocycles. The Balaban J connectivity index is 1.57. The van der Waals surface area contributed by atoms with E-state index in [4.69, 9.17) is 10.5 Å². The summed E-state index contributed by atoms with van der Waals surface area (Å²) >= 11 is 0. The largest absolute Gasteiger partial charge is 0.389 e. The number of ether oxygens (including phenoxy) is 1. The summed E-state index contributed by atoms with van der Waals surface area (Å²) < 4.78 is 4.95. The smallest absolute Gasteiger partial charge is 0.0897 e. The van der Waals surface area contributed by atoms with Gasteiger partial charge in [-0.25, -0.2) is 0 Å². The second-order valence-electron chi connectivity index (χ2n) is 7.25. The molecule has 0 saturated heterocycles. The van der Waals surface area contributed by atoms with Crippen LogP contribution in [0.5, 0.6) is 0 Å². The van der Waals surface area contributed by atoms with Crippen LogP contribution in [0.25, 0.3) is 0 Å². The van der Waals surface area contributed by atoms with Crippen LogP contribution in [0.3, 0.4) is 0 Å². The highest BCUT2D eigenvalue weighted by Crippen LogP contribution is 2.35. The Morgan fingerprint density at radius 1 is 1.05 bits per heavy atom. The van der Waals surface area contributed by atoms with E-state index in [-0.39, 0.29) is 6.10 Å². The van der Waals surface area contributed by atoms with Crippen molar-refractivity contribution in [3.8, 4) is 0 Å². The molecule has 2 aliphatic rings. The van der Waals surface area contributed by atoms with E-state index in [9.17, 15) is 5.11 Å². The van der Waals surface area contributed by atoms with Crippen molar-refractivity contribution < 1.29 is 9.84 Å². The van der Waals surface area contributed by atoms with Gasteiger partial charge in [-0.1, -0.05) is 0 Å². The lowest BCUT2D eigenvalue weighted by Crippen LogP contribution is -2.39. The number of aliphatic hydroxyl groups excluding tert-OH is 1. The monoisotopic (exact) mass is 298 g/mol. The van der Waals surface area contributed by atoms with E-state index >= 15 is 0 Å². The number of nitrogens with one attached hydrogen (secondary N) is 1. The topological polar surface area (TPSA) is 67.5 Å². The van der Waals surface area contributed by atoms with Crippen molar-refractivity contribution in [2.75, 3.05) is 20.3 Å². The normalized spacial score (nSPS) is 35.6. The number of rotatable bonds is 7. The summed E-state index contributed by atoms with van der Waals surface area (Å²) in [6.45, 7) is 1.08. The molecule has 0 amide bonds. The minimum atomic E-state index is -0.376. The van der Waals surface area contributed by atoms with Gasteiger partial charge >= 0.3 is 0 Å². The van der Waals surface area contributed by atoms with Gasteiger partial charge < -0.3 is 20.9 Å². The Labute approximate surface area is 129 Å². The maximum Gasteiger partial charge on any atom is 0.0897 e. The van der Waals surface area contributed by atoms with Crippen LogP contribution in [0, 0.1) is 11.8 Å². The van der Waals surface area contributed by atoms with Crippen LogP contribution in [0.15, 0.2) is 0 Å². The molecule has 2 aliphatic carbocycles. The van der Waals surface area contributed by atoms with Gasteiger partial charge in [-0.15, -0.1) is 0 Å². The van der Waals surface area contributed by atoms with E-state index in [1.165, 1.54) is 57.8 Å². The fraction of sp³-hybridized carbons (Fsp3) is 1.00. The highest BCUT2D eigenvalue weighted by atomic mass is 16.5. The molecule has 4 N–H and O–H groups in total. The minimum absolute atomic E-state index is 0.376. The van der Waals surface area contributed by atoms with Crippen molar-refractivity contribution in [1.29, 1.82) is 0 Å². The molecule has 2 rings (SSSR count). The molecule has 124 valence electrons. The molecule has 2 saturated carbocycles. The number of methoxy groups -OCH3 is 1. The van der Waals surface area contributed by atoms with Crippen LogP contribution in [0.2, 0.25) is 0 Å². The molecule has 0 radical (unpaired) electrons. The molecule has 0 aromatic heterocycles. The van der Waals surface area contributed by atoms with Crippen molar-refractivity contribution in [2.24, 2.45) is 17.6 Å². The van der Waals surface area contributed by atoms with Crippen molar-refractivity contribution >= 4 is 0 Å². The quantitative estimate of drug-likeness (QED) is 0.673. The Morgan fingerprint density at radius 3 is 2.19 bits per heavy atom. The van der Waals surface area contributed by atoms with E-state index in [0.29, 0.717) is 25.2 Å². The Bertz CT molecular complexity index is 272. The van der Waals surface area contributed by atoms with E-state index in [1.807, 2.05) is 0 Å². The number of nitrogens with two attached hydrogens (primary N) is 1. The first-order chi connectivity index (χ1) is 10.2. The molecule has 0 spiro atoms. The lowest BCUT2D eigenvalue weighted by molar-refractivity contribution is 0.0609. The Hall–Kier alpha value is -0.160. The van der Waals surface area contributed by atoms with Gasteiger partial charge in [-0.05, 0) is 69.6 Å². The van der Waals surface area contributed by atoms with Gasteiger partial charge in [-0.2, -0.15) is 0 Å². The molecule has 2 fully saturated rings. The van der Waals surface area contributed by atoms with Crippen molar-refractivity contribution in [2.45, 2.75) is 76.0 Å². The molecule has 4 nitrogen and oxygen atoms in total. The summed E-state index contributed by atoms with van der Waals surface area (Å²) in [6, 6.07) is 1.06. The van der Waals surface area contributed by atoms with E-state index < -0.39 is 0 Å². The van der Waals surface area contributed by atoms with Gasteiger partial charge in [0.1, 0.15) is 0 Å². The zero-order chi connectivity index (χ0) is 15.1. The first-order valence-corrected chi connectivity index (χ1v) is 8.83. The lowest BCUT2D eigenvalue weighted by Gasteiger charge is -2.34. The second-order valence-corrected chi connectivity index (χ2v) is 7.25. The molecule has 1 unspecified atom stereocenters. The standard InChI is InChI=1S/C17H34N2O2/c1-21-12-17(20)11-19-16-8-4-14(5-9-16)10-13-2-6-15(18)7-3-13/h13-17,19-20H,2-12,18H2,1H3. The third-order valence-electron chi connectivity index (χ3n) is 5.41. The summed E-state index contributed by atoms with van der Waals surface area (Å²) in [4.78, 5) is 0. The molecule has 0 aliphatic heterocycles. The molecular weight excluding hydrogens is 264 g/mol. The minimum Gasteiger partial charge on any atom is -0.389 e. The zero-order valence-electron chi connectivity index (χ0n) is 13.6. The predicted octanol–water partition coefficient (Wildman–Crippen LogP) is 2.05. The van der Waals surface area contributed by atoms with Crippen LogP contribution in [-0.2, 0) is 4.74 Å². The van der Waals surface area contributed by atoms with E-state index in [0.717, 1.165) is 11.8 Å². The van der Waals surface area contributed by atoms with Gasteiger partial charge in [-0.3, -0.25) is 0 Å². The van der Waals surface area contributed by atoms with E-state index in [1.54, 1.807) is 7.11 Å². The molecule has 0 bridgehead atoms. The second kappa shape index (κ2) is 9.09. The summed E-state index contributed by atoms with van der Waals surface area (Å²) in [6.07, 6.45) is 11.4. The lowest BCUT2D eigenvalue weighted by atomic mass is 9.76. The molecular formula is C17H34N2O2. The van der Waals surface area contributed by atoms with Crippen LogP contribution >= 0.6 is 0 Å².